The number of aromatic nitrogens is 1. The number of carbonyl (C=O) groups excluding carboxylic acids is 1. The molecule has 0 saturated heterocycles. The number of carbonyl (C=O) groups is 1. The third-order valence-corrected chi connectivity index (χ3v) is 3.10. The van der Waals surface area contributed by atoms with Crippen LogP contribution in [0.25, 0.3) is 0 Å². The second-order valence-corrected chi connectivity index (χ2v) is 4.57. The van der Waals surface area contributed by atoms with E-state index in [4.69, 9.17) is 11.5 Å². The fourth-order valence-electron chi connectivity index (χ4n) is 2.17. The second kappa shape index (κ2) is 5.14. The standard InChI is InChI=1S/C12H18N4O/c13-9-2-1-3-10(6-9)16-12(17)8-4-5-11(14)15-7-8/h4-5,7,9-10H,1-3,6,13H2,(H2,14,15)(H,16,17)/t9-,10+/m1/s1. The van der Waals surface area contributed by atoms with Gasteiger partial charge in [-0.3, -0.25) is 4.79 Å². The van der Waals surface area contributed by atoms with Crippen molar-refractivity contribution in [3.63, 3.8) is 0 Å². The van der Waals surface area contributed by atoms with Gasteiger partial charge in [-0.25, -0.2) is 4.98 Å². The molecule has 1 aliphatic carbocycles. The van der Waals surface area contributed by atoms with Crippen LogP contribution in [0.1, 0.15) is 36.0 Å². The van der Waals surface area contributed by atoms with Crippen molar-refractivity contribution >= 4 is 11.7 Å². The highest BCUT2D eigenvalue weighted by atomic mass is 16.1. The summed E-state index contributed by atoms with van der Waals surface area (Å²) < 4.78 is 0. The van der Waals surface area contributed by atoms with Crippen molar-refractivity contribution in [3.8, 4) is 0 Å². The van der Waals surface area contributed by atoms with Gasteiger partial charge in [-0.15, -0.1) is 0 Å². The van der Waals surface area contributed by atoms with Crippen molar-refractivity contribution in [3.05, 3.63) is 23.9 Å². The van der Waals surface area contributed by atoms with Crippen LogP contribution >= 0.6 is 0 Å². The molecule has 5 heteroatoms. The van der Waals surface area contributed by atoms with Gasteiger partial charge >= 0.3 is 0 Å². The number of anilines is 1. The van der Waals surface area contributed by atoms with Gasteiger partial charge in [0.15, 0.2) is 0 Å². The third kappa shape index (κ3) is 3.17. The fraction of sp³-hybridized carbons (Fsp3) is 0.500. The Kier molecular flexibility index (Phi) is 3.58. The van der Waals surface area contributed by atoms with Crippen molar-refractivity contribution in [1.29, 1.82) is 0 Å². The summed E-state index contributed by atoms with van der Waals surface area (Å²) in [5.41, 5.74) is 11.9. The Morgan fingerprint density at radius 1 is 1.41 bits per heavy atom. The summed E-state index contributed by atoms with van der Waals surface area (Å²) in [6, 6.07) is 3.70. The maximum absolute atomic E-state index is 11.9. The predicted octanol–water partition coefficient (Wildman–Crippen LogP) is 0.664. The molecule has 1 heterocycles. The monoisotopic (exact) mass is 234 g/mol. The molecule has 1 aromatic heterocycles. The molecule has 0 aromatic carbocycles. The van der Waals surface area contributed by atoms with Crippen molar-refractivity contribution in [2.24, 2.45) is 5.73 Å². The van der Waals surface area contributed by atoms with Gasteiger partial charge in [0.2, 0.25) is 0 Å². The lowest BCUT2D eigenvalue weighted by Gasteiger charge is -2.27. The Bertz CT molecular complexity index is 390. The van der Waals surface area contributed by atoms with Gasteiger partial charge in [0.05, 0.1) is 5.56 Å². The lowest BCUT2D eigenvalue weighted by Crippen LogP contribution is -2.42. The fourth-order valence-corrected chi connectivity index (χ4v) is 2.17. The predicted molar refractivity (Wildman–Crippen MR) is 66.3 cm³/mol. The molecular formula is C12H18N4O. The first-order valence-electron chi connectivity index (χ1n) is 5.93. The summed E-state index contributed by atoms with van der Waals surface area (Å²) in [7, 11) is 0. The number of hydrogen-bond donors (Lipinski definition) is 3. The van der Waals surface area contributed by atoms with E-state index < -0.39 is 0 Å². The molecule has 2 atom stereocenters. The van der Waals surface area contributed by atoms with Crippen LogP contribution in [0.3, 0.4) is 0 Å². The van der Waals surface area contributed by atoms with Gasteiger partial charge in [0, 0.05) is 18.3 Å². The Morgan fingerprint density at radius 2 is 2.24 bits per heavy atom. The highest BCUT2D eigenvalue weighted by molar-refractivity contribution is 5.94. The van der Waals surface area contributed by atoms with Crippen molar-refractivity contribution in [1.82, 2.24) is 10.3 Å². The number of nitrogens with zero attached hydrogens (tertiary/aromatic N) is 1. The molecule has 92 valence electrons. The van der Waals surface area contributed by atoms with Crippen LogP contribution in [0.5, 0.6) is 0 Å². The van der Waals surface area contributed by atoms with Crippen molar-refractivity contribution in [2.45, 2.75) is 37.8 Å². The molecule has 0 bridgehead atoms. The molecule has 1 fully saturated rings. The third-order valence-electron chi connectivity index (χ3n) is 3.10. The highest BCUT2D eigenvalue weighted by Gasteiger charge is 2.21. The van der Waals surface area contributed by atoms with E-state index in [1.165, 1.54) is 6.20 Å². The summed E-state index contributed by atoms with van der Waals surface area (Å²) in [5.74, 6) is 0.317. The summed E-state index contributed by atoms with van der Waals surface area (Å²) in [6.07, 6.45) is 5.48. The van der Waals surface area contributed by atoms with Crippen LogP contribution in [-0.4, -0.2) is 23.0 Å². The summed E-state index contributed by atoms with van der Waals surface area (Å²) in [4.78, 5) is 15.8. The maximum atomic E-state index is 11.9. The molecule has 1 saturated carbocycles. The minimum absolute atomic E-state index is 0.100. The second-order valence-electron chi connectivity index (χ2n) is 4.57. The van der Waals surface area contributed by atoms with Crippen LogP contribution in [0.4, 0.5) is 5.82 Å². The number of pyridine rings is 1. The number of amides is 1. The Balaban J connectivity index is 1.94. The van der Waals surface area contributed by atoms with Crippen LogP contribution in [-0.2, 0) is 0 Å². The number of nitrogen functional groups attached to an aromatic ring is 1. The van der Waals surface area contributed by atoms with Gasteiger partial charge in [-0.2, -0.15) is 0 Å². The topological polar surface area (TPSA) is 94.0 Å². The molecule has 5 N–H and O–H groups in total. The largest absolute Gasteiger partial charge is 0.384 e. The molecule has 1 aliphatic rings. The number of rotatable bonds is 2. The smallest absolute Gasteiger partial charge is 0.253 e. The Morgan fingerprint density at radius 3 is 2.88 bits per heavy atom. The van der Waals surface area contributed by atoms with Crippen molar-refractivity contribution < 1.29 is 4.79 Å². The molecule has 0 radical (unpaired) electrons. The van der Waals surface area contributed by atoms with E-state index in [2.05, 4.69) is 10.3 Å². The average Bonchev–Trinajstić information content (AvgIpc) is 2.29. The number of nitrogens with one attached hydrogen (secondary N) is 1. The van der Waals surface area contributed by atoms with E-state index in [-0.39, 0.29) is 18.0 Å². The Labute approximate surface area is 101 Å². The van der Waals surface area contributed by atoms with Crippen LogP contribution in [0, 0.1) is 0 Å². The zero-order valence-corrected chi connectivity index (χ0v) is 9.73. The van der Waals surface area contributed by atoms with Crippen LogP contribution < -0.4 is 16.8 Å². The van der Waals surface area contributed by atoms with E-state index in [1.54, 1.807) is 12.1 Å². The van der Waals surface area contributed by atoms with E-state index in [1.807, 2.05) is 0 Å². The van der Waals surface area contributed by atoms with Crippen molar-refractivity contribution in [2.75, 3.05) is 5.73 Å². The van der Waals surface area contributed by atoms with E-state index in [0.29, 0.717) is 11.4 Å². The summed E-state index contributed by atoms with van der Waals surface area (Å²) in [5, 5.41) is 2.99. The first-order valence-corrected chi connectivity index (χ1v) is 5.93. The SMILES string of the molecule is Nc1ccc(C(=O)N[C@H]2CCC[C@@H](N)C2)cn1. The molecule has 0 unspecified atom stereocenters. The average molecular weight is 234 g/mol. The normalized spacial score (nSPS) is 24.3. The first-order chi connectivity index (χ1) is 8.15. The molecule has 0 aliphatic heterocycles. The first kappa shape index (κ1) is 11.9. The lowest BCUT2D eigenvalue weighted by molar-refractivity contribution is 0.0925. The molecule has 1 amide bonds. The van der Waals surface area contributed by atoms with Crippen LogP contribution in [0.15, 0.2) is 18.3 Å². The minimum atomic E-state index is -0.100. The number of hydrogen-bond acceptors (Lipinski definition) is 4. The summed E-state index contributed by atoms with van der Waals surface area (Å²) >= 11 is 0. The van der Waals surface area contributed by atoms with E-state index in [0.717, 1.165) is 25.7 Å². The Hall–Kier alpha value is -1.62. The molecule has 2 rings (SSSR count). The molecular weight excluding hydrogens is 216 g/mol. The molecule has 5 nitrogen and oxygen atoms in total. The lowest BCUT2D eigenvalue weighted by atomic mass is 9.91. The molecule has 17 heavy (non-hydrogen) atoms. The van der Waals surface area contributed by atoms with Gasteiger partial charge in [0.1, 0.15) is 5.82 Å². The van der Waals surface area contributed by atoms with Gasteiger partial charge in [0.25, 0.3) is 5.91 Å². The molecule has 1 aromatic rings. The quantitative estimate of drug-likeness (QED) is 0.700. The van der Waals surface area contributed by atoms with E-state index in [9.17, 15) is 4.79 Å². The maximum Gasteiger partial charge on any atom is 0.253 e. The van der Waals surface area contributed by atoms with Crippen LogP contribution in [0.2, 0.25) is 0 Å². The zero-order chi connectivity index (χ0) is 12.3. The van der Waals surface area contributed by atoms with Gasteiger partial charge in [-0.1, -0.05) is 0 Å². The molecule has 0 spiro atoms. The van der Waals surface area contributed by atoms with Gasteiger partial charge < -0.3 is 16.8 Å². The minimum Gasteiger partial charge on any atom is -0.384 e. The zero-order valence-electron chi connectivity index (χ0n) is 9.73. The van der Waals surface area contributed by atoms with Gasteiger partial charge in [-0.05, 0) is 37.8 Å². The number of nitrogens with two attached hydrogens (primary N) is 2. The highest BCUT2D eigenvalue weighted by Crippen LogP contribution is 2.17. The van der Waals surface area contributed by atoms with E-state index >= 15 is 0 Å². The summed E-state index contributed by atoms with van der Waals surface area (Å²) in [6.45, 7) is 0.